The van der Waals surface area contributed by atoms with Gasteiger partial charge < -0.3 is 20.7 Å². The molecule has 0 radical (unpaired) electrons. The molecule has 0 unspecified atom stereocenters. The summed E-state index contributed by atoms with van der Waals surface area (Å²) in [6.07, 6.45) is 1.95. The third kappa shape index (κ3) is 5.88. The van der Waals surface area contributed by atoms with Crippen molar-refractivity contribution in [1.82, 2.24) is 4.31 Å². The number of benzene rings is 1. The molecule has 0 aliphatic carbocycles. The van der Waals surface area contributed by atoms with Crippen LogP contribution in [0.2, 0.25) is 0 Å². The molecule has 3 N–H and O–H groups in total. The molecule has 0 bridgehead atoms. The number of nitrogens with one attached hydrogen (secondary N) is 1. The Morgan fingerprint density at radius 2 is 1.84 bits per heavy atom. The summed E-state index contributed by atoms with van der Waals surface area (Å²) >= 11 is 5.65. The van der Waals surface area contributed by atoms with Crippen LogP contribution in [0, 0.1) is 5.92 Å². The molecule has 172 valence electrons. The predicted molar refractivity (Wildman–Crippen MR) is 119 cm³/mol. The summed E-state index contributed by atoms with van der Waals surface area (Å²) < 4.78 is 33.7. The van der Waals surface area contributed by atoms with Crippen LogP contribution < -0.4 is 16.0 Å². The molecule has 2 aliphatic heterocycles. The van der Waals surface area contributed by atoms with Crippen molar-refractivity contribution in [3.63, 3.8) is 0 Å². The van der Waals surface area contributed by atoms with Gasteiger partial charge >= 0.3 is 0 Å². The fraction of sp³-hybridized carbons (Fsp3) is 0.600. The number of carbonyl (C=O) groups is 2. The molecule has 0 saturated carbocycles. The number of halogens is 1. The van der Waals surface area contributed by atoms with Crippen molar-refractivity contribution in [1.29, 1.82) is 0 Å². The van der Waals surface area contributed by atoms with Crippen LogP contribution in [0.15, 0.2) is 23.1 Å². The maximum atomic E-state index is 13.5. The van der Waals surface area contributed by atoms with Gasteiger partial charge in [0.05, 0.1) is 18.9 Å². The summed E-state index contributed by atoms with van der Waals surface area (Å²) in [6.45, 7) is 2.29. The molecule has 2 heterocycles. The molecule has 2 aliphatic rings. The molecule has 9 nitrogen and oxygen atoms in total. The number of ether oxygens (including phenoxy) is 1. The predicted octanol–water partition coefficient (Wildman–Crippen LogP) is 1.37. The number of morpholine rings is 1. The van der Waals surface area contributed by atoms with E-state index in [1.54, 1.807) is 12.1 Å². The van der Waals surface area contributed by atoms with Gasteiger partial charge in [-0.15, -0.1) is 11.6 Å². The highest BCUT2D eigenvalue weighted by Crippen LogP contribution is 2.33. The summed E-state index contributed by atoms with van der Waals surface area (Å²) in [6, 6.07) is 4.93. The number of nitrogens with two attached hydrogens (primary N) is 1. The quantitative estimate of drug-likeness (QED) is 0.551. The Hall–Kier alpha value is -1.88. The first-order valence-corrected chi connectivity index (χ1v) is 12.4. The highest BCUT2D eigenvalue weighted by molar-refractivity contribution is 7.89. The number of sulfonamides is 1. The monoisotopic (exact) mass is 472 g/mol. The molecule has 0 aromatic heterocycles. The fourth-order valence-electron chi connectivity index (χ4n) is 3.84. The van der Waals surface area contributed by atoms with Crippen LogP contribution in [-0.2, 0) is 24.3 Å². The van der Waals surface area contributed by atoms with Crippen LogP contribution in [0.5, 0.6) is 0 Å². The van der Waals surface area contributed by atoms with Gasteiger partial charge in [0.15, 0.2) is 0 Å². The molecular formula is C20H29ClN4O5S. The molecular weight excluding hydrogens is 444 g/mol. The zero-order chi connectivity index (χ0) is 22.4. The number of hydrogen-bond donors (Lipinski definition) is 2. The number of nitrogens with zero attached hydrogens (tertiary/aromatic N) is 2. The maximum Gasteiger partial charge on any atom is 0.245 e. The Balaban J connectivity index is 1.90. The van der Waals surface area contributed by atoms with Crippen molar-refractivity contribution < 1.29 is 22.7 Å². The minimum atomic E-state index is -3.80. The first-order valence-electron chi connectivity index (χ1n) is 10.4. The van der Waals surface area contributed by atoms with Gasteiger partial charge in [-0.3, -0.25) is 9.59 Å². The van der Waals surface area contributed by atoms with Crippen LogP contribution >= 0.6 is 11.6 Å². The molecule has 2 fully saturated rings. The SMILES string of the molecule is NC(=O)C1CCN(c2ccc(NC(=O)CCCCl)cc2S(=O)(=O)N2CCOCC2)CC1. The second kappa shape index (κ2) is 10.6. The second-order valence-corrected chi connectivity index (χ2v) is 9.99. The van der Waals surface area contributed by atoms with Crippen molar-refractivity contribution in [2.75, 3.05) is 55.5 Å². The summed E-state index contributed by atoms with van der Waals surface area (Å²) in [7, 11) is -3.80. The summed E-state index contributed by atoms with van der Waals surface area (Å²) in [5, 5.41) is 2.76. The van der Waals surface area contributed by atoms with Gasteiger partial charge in [0.2, 0.25) is 21.8 Å². The largest absolute Gasteiger partial charge is 0.379 e. The standard InChI is InChI=1S/C20H29ClN4O5S/c21-7-1-2-19(26)23-16-3-4-17(24-8-5-15(6-9-24)20(22)27)18(14-16)31(28,29)25-10-12-30-13-11-25/h3-4,14-15H,1-2,5-13H2,(H2,22,27)(H,23,26). The summed E-state index contributed by atoms with van der Waals surface area (Å²) in [4.78, 5) is 25.7. The van der Waals surface area contributed by atoms with E-state index in [1.165, 1.54) is 10.4 Å². The number of primary amides is 1. The Bertz CT molecular complexity index is 897. The zero-order valence-corrected chi connectivity index (χ0v) is 19.0. The van der Waals surface area contributed by atoms with E-state index in [-0.39, 0.29) is 42.1 Å². The third-order valence-electron chi connectivity index (χ3n) is 5.61. The topological polar surface area (TPSA) is 122 Å². The maximum absolute atomic E-state index is 13.5. The van der Waals surface area contributed by atoms with E-state index in [4.69, 9.17) is 22.1 Å². The Kier molecular flexibility index (Phi) is 8.15. The molecule has 1 aromatic carbocycles. The molecule has 11 heteroatoms. The lowest BCUT2D eigenvalue weighted by Crippen LogP contribution is -2.42. The van der Waals surface area contributed by atoms with Crippen molar-refractivity contribution in [3.05, 3.63) is 18.2 Å². The van der Waals surface area contributed by atoms with Crippen LogP contribution in [-0.4, -0.2) is 69.8 Å². The number of piperidine rings is 1. The molecule has 0 atom stereocenters. The van der Waals surface area contributed by atoms with Crippen molar-refractivity contribution in [2.45, 2.75) is 30.6 Å². The van der Waals surface area contributed by atoms with Crippen LogP contribution in [0.3, 0.4) is 0 Å². The molecule has 2 amide bonds. The summed E-state index contributed by atoms with van der Waals surface area (Å²) in [5.41, 5.74) is 6.41. The average Bonchev–Trinajstić information content (AvgIpc) is 2.78. The van der Waals surface area contributed by atoms with Gasteiger partial charge in [-0.25, -0.2) is 8.42 Å². The first kappa shape index (κ1) is 23.8. The Morgan fingerprint density at radius 3 is 2.45 bits per heavy atom. The van der Waals surface area contributed by atoms with E-state index in [0.29, 0.717) is 62.8 Å². The van der Waals surface area contributed by atoms with Crippen molar-refractivity contribution in [3.8, 4) is 0 Å². The number of carbonyl (C=O) groups excluding carboxylic acids is 2. The lowest BCUT2D eigenvalue weighted by Gasteiger charge is -2.35. The second-order valence-electron chi connectivity index (χ2n) is 7.70. The van der Waals surface area contributed by atoms with Gasteiger partial charge in [0, 0.05) is 50.1 Å². The van der Waals surface area contributed by atoms with E-state index < -0.39 is 10.0 Å². The highest BCUT2D eigenvalue weighted by atomic mass is 35.5. The normalized spacial score (nSPS) is 18.7. The smallest absolute Gasteiger partial charge is 0.245 e. The number of rotatable bonds is 8. The van der Waals surface area contributed by atoms with Gasteiger partial charge in [0.25, 0.3) is 0 Å². The van der Waals surface area contributed by atoms with Crippen molar-refractivity contribution >= 4 is 44.8 Å². The number of alkyl halides is 1. The van der Waals surface area contributed by atoms with Crippen LogP contribution in [0.4, 0.5) is 11.4 Å². The van der Waals surface area contributed by atoms with Crippen LogP contribution in [0.25, 0.3) is 0 Å². The third-order valence-corrected chi connectivity index (χ3v) is 7.80. The number of hydrogen-bond acceptors (Lipinski definition) is 6. The molecule has 0 spiro atoms. The summed E-state index contributed by atoms with van der Waals surface area (Å²) in [5.74, 6) is -0.359. The fourth-order valence-corrected chi connectivity index (χ4v) is 5.62. The molecule has 1 aromatic rings. The van der Waals surface area contributed by atoms with Gasteiger partial charge in [-0.2, -0.15) is 4.31 Å². The van der Waals surface area contributed by atoms with Gasteiger partial charge in [-0.05, 0) is 37.5 Å². The minimum Gasteiger partial charge on any atom is -0.379 e. The van der Waals surface area contributed by atoms with E-state index in [9.17, 15) is 18.0 Å². The average molecular weight is 473 g/mol. The zero-order valence-electron chi connectivity index (χ0n) is 17.4. The molecule has 31 heavy (non-hydrogen) atoms. The highest BCUT2D eigenvalue weighted by Gasteiger charge is 2.32. The lowest BCUT2D eigenvalue weighted by atomic mass is 9.96. The van der Waals surface area contributed by atoms with E-state index in [1.807, 2.05) is 4.90 Å². The number of anilines is 2. The van der Waals surface area contributed by atoms with E-state index in [0.717, 1.165) is 0 Å². The van der Waals surface area contributed by atoms with E-state index in [2.05, 4.69) is 5.32 Å². The van der Waals surface area contributed by atoms with Crippen LogP contribution in [0.1, 0.15) is 25.7 Å². The molecule has 2 saturated heterocycles. The first-order chi connectivity index (χ1) is 14.8. The van der Waals surface area contributed by atoms with Gasteiger partial charge in [-0.1, -0.05) is 0 Å². The number of amides is 2. The van der Waals surface area contributed by atoms with E-state index >= 15 is 0 Å². The minimum absolute atomic E-state index is 0.141. The lowest BCUT2D eigenvalue weighted by molar-refractivity contribution is -0.122. The van der Waals surface area contributed by atoms with Crippen molar-refractivity contribution in [2.24, 2.45) is 11.7 Å². The molecule has 3 rings (SSSR count). The Labute approximate surface area is 187 Å². The Morgan fingerprint density at radius 1 is 1.16 bits per heavy atom. The van der Waals surface area contributed by atoms with Gasteiger partial charge in [0.1, 0.15) is 4.90 Å².